The van der Waals surface area contributed by atoms with E-state index in [0.717, 1.165) is 23.6 Å². The van der Waals surface area contributed by atoms with Crippen LogP contribution in [0, 0.1) is 0 Å². The zero-order chi connectivity index (χ0) is 11.5. The minimum Gasteiger partial charge on any atom is -0.392 e. The van der Waals surface area contributed by atoms with Crippen LogP contribution in [0.1, 0.15) is 41.4 Å². The van der Waals surface area contributed by atoms with E-state index in [0.29, 0.717) is 6.42 Å². The number of hydrogen-bond acceptors (Lipinski definition) is 1. The lowest BCUT2D eigenvalue weighted by molar-refractivity contribution is -0.137. The van der Waals surface area contributed by atoms with Gasteiger partial charge in [-0.1, -0.05) is 6.07 Å². The Morgan fingerprint density at radius 2 is 1.88 bits per heavy atom. The Morgan fingerprint density at radius 1 is 1.12 bits per heavy atom. The predicted molar refractivity (Wildman–Crippen MR) is 52.2 cm³/mol. The molecule has 0 spiro atoms. The van der Waals surface area contributed by atoms with Crippen LogP contribution in [0.3, 0.4) is 0 Å². The lowest BCUT2D eigenvalue weighted by Crippen LogP contribution is -2.16. The molecule has 1 aromatic carbocycles. The molecule has 0 heterocycles. The standard InChI is InChI=1S/C12H11F3O/c13-12(14,15)7-1-2-8-9(5-7)6-3-10(8)11(16)4-6/h1-2,5-6,10-11,16H,3-4H2/t6-,10-,11-/m0/s1. The number of halogens is 3. The Balaban J connectivity index is 2.06. The first-order valence-corrected chi connectivity index (χ1v) is 5.36. The van der Waals surface area contributed by atoms with Gasteiger partial charge in [0.1, 0.15) is 0 Å². The summed E-state index contributed by atoms with van der Waals surface area (Å²) in [4.78, 5) is 0. The van der Waals surface area contributed by atoms with Crippen molar-refractivity contribution in [2.45, 2.75) is 37.0 Å². The van der Waals surface area contributed by atoms with E-state index in [1.807, 2.05) is 0 Å². The number of aliphatic hydroxyl groups excluding tert-OH is 1. The second-order valence-electron chi connectivity index (χ2n) is 4.68. The summed E-state index contributed by atoms with van der Waals surface area (Å²) in [5.41, 5.74) is 1.13. The first-order valence-electron chi connectivity index (χ1n) is 5.36. The van der Waals surface area contributed by atoms with Crippen molar-refractivity contribution >= 4 is 0 Å². The molecule has 2 aliphatic rings. The smallest absolute Gasteiger partial charge is 0.392 e. The number of benzene rings is 1. The summed E-state index contributed by atoms with van der Waals surface area (Å²) in [6.07, 6.45) is -3.22. The van der Waals surface area contributed by atoms with Crippen molar-refractivity contribution < 1.29 is 18.3 Å². The maximum Gasteiger partial charge on any atom is 0.416 e. The van der Waals surface area contributed by atoms with Crippen LogP contribution in [0.2, 0.25) is 0 Å². The summed E-state index contributed by atoms with van der Waals surface area (Å²) >= 11 is 0. The summed E-state index contributed by atoms with van der Waals surface area (Å²) in [6, 6.07) is 3.91. The van der Waals surface area contributed by atoms with E-state index in [1.54, 1.807) is 0 Å². The van der Waals surface area contributed by atoms with Gasteiger partial charge in [-0.15, -0.1) is 0 Å². The summed E-state index contributed by atoms with van der Waals surface area (Å²) in [5.74, 6) is 0.180. The lowest BCUT2D eigenvalue weighted by Gasteiger charge is -2.21. The van der Waals surface area contributed by atoms with Gasteiger partial charge < -0.3 is 5.11 Å². The molecule has 16 heavy (non-hydrogen) atoms. The Kier molecular flexibility index (Phi) is 1.90. The molecule has 0 radical (unpaired) electrons. The molecule has 2 bridgehead atoms. The van der Waals surface area contributed by atoms with Crippen LogP contribution in [-0.2, 0) is 6.18 Å². The quantitative estimate of drug-likeness (QED) is 0.723. The van der Waals surface area contributed by atoms with E-state index in [1.165, 1.54) is 12.1 Å². The third kappa shape index (κ3) is 1.29. The highest BCUT2D eigenvalue weighted by molar-refractivity contribution is 5.45. The molecule has 2 aliphatic carbocycles. The summed E-state index contributed by atoms with van der Waals surface area (Å²) in [5, 5.41) is 9.67. The number of rotatable bonds is 0. The zero-order valence-electron chi connectivity index (χ0n) is 8.46. The largest absolute Gasteiger partial charge is 0.416 e. The molecule has 0 aliphatic heterocycles. The van der Waals surface area contributed by atoms with E-state index in [9.17, 15) is 18.3 Å². The first-order chi connectivity index (χ1) is 7.47. The van der Waals surface area contributed by atoms with Crippen molar-refractivity contribution in [2.75, 3.05) is 0 Å². The molecule has 86 valence electrons. The molecule has 1 nitrogen and oxygen atoms in total. The van der Waals surface area contributed by atoms with Crippen molar-refractivity contribution in [3.8, 4) is 0 Å². The fourth-order valence-electron chi connectivity index (χ4n) is 3.05. The van der Waals surface area contributed by atoms with Gasteiger partial charge in [0.2, 0.25) is 0 Å². The van der Waals surface area contributed by atoms with Crippen LogP contribution in [-0.4, -0.2) is 11.2 Å². The average Bonchev–Trinajstić information content (AvgIpc) is 2.73. The number of aliphatic hydroxyl groups is 1. The Bertz CT molecular complexity index is 438. The molecule has 0 saturated heterocycles. The highest BCUT2D eigenvalue weighted by Gasteiger charge is 2.44. The van der Waals surface area contributed by atoms with Crippen LogP contribution in [0.4, 0.5) is 13.2 Å². The number of fused-ring (bicyclic) bond motifs is 5. The minimum atomic E-state index is -4.27. The molecule has 0 unspecified atom stereocenters. The van der Waals surface area contributed by atoms with Crippen molar-refractivity contribution in [3.05, 3.63) is 34.9 Å². The topological polar surface area (TPSA) is 20.2 Å². The van der Waals surface area contributed by atoms with Crippen molar-refractivity contribution in [1.29, 1.82) is 0 Å². The summed E-state index contributed by atoms with van der Waals surface area (Å²) < 4.78 is 37.6. The maximum atomic E-state index is 12.5. The molecule has 3 atom stereocenters. The summed E-state index contributed by atoms with van der Waals surface area (Å²) in [7, 11) is 0. The number of hydrogen-bond donors (Lipinski definition) is 1. The molecule has 0 aromatic heterocycles. The summed E-state index contributed by atoms with van der Waals surface area (Å²) in [6.45, 7) is 0. The van der Waals surface area contributed by atoms with Crippen molar-refractivity contribution in [3.63, 3.8) is 0 Å². The molecule has 0 amide bonds. The van der Waals surface area contributed by atoms with Gasteiger partial charge >= 0.3 is 6.18 Å². The van der Waals surface area contributed by atoms with Gasteiger partial charge in [-0.2, -0.15) is 13.2 Å². The van der Waals surface area contributed by atoms with Crippen molar-refractivity contribution in [1.82, 2.24) is 0 Å². The van der Waals surface area contributed by atoms with Crippen LogP contribution in [0.5, 0.6) is 0 Å². The Labute approximate surface area is 90.9 Å². The molecule has 1 N–H and O–H groups in total. The van der Waals surface area contributed by atoms with E-state index in [2.05, 4.69) is 0 Å². The normalized spacial score (nSPS) is 31.9. The van der Waals surface area contributed by atoms with Crippen LogP contribution < -0.4 is 0 Å². The van der Waals surface area contributed by atoms with Gasteiger partial charge in [0, 0.05) is 5.92 Å². The Hall–Kier alpha value is -1.03. The fraction of sp³-hybridized carbons (Fsp3) is 0.500. The van der Waals surface area contributed by atoms with Crippen LogP contribution in [0.15, 0.2) is 18.2 Å². The highest BCUT2D eigenvalue weighted by Crippen LogP contribution is 2.53. The van der Waals surface area contributed by atoms with E-state index < -0.39 is 11.7 Å². The van der Waals surface area contributed by atoms with Gasteiger partial charge in [0.15, 0.2) is 0 Å². The van der Waals surface area contributed by atoms with Gasteiger partial charge in [-0.3, -0.25) is 0 Å². The monoisotopic (exact) mass is 228 g/mol. The third-order valence-corrected chi connectivity index (χ3v) is 3.78. The lowest BCUT2D eigenvalue weighted by atomic mass is 9.88. The fourth-order valence-corrected chi connectivity index (χ4v) is 3.05. The first kappa shape index (κ1) is 10.1. The maximum absolute atomic E-state index is 12.5. The Morgan fingerprint density at radius 3 is 2.56 bits per heavy atom. The third-order valence-electron chi connectivity index (χ3n) is 3.78. The van der Waals surface area contributed by atoms with Crippen LogP contribution in [0.25, 0.3) is 0 Å². The second-order valence-corrected chi connectivity index (χ2v) is 4.68. The number of alkyl halides is 3. The SMILES string of the molecule is O[C@H]1C[C@@H]2C[C@H]1c1ccc(C(F)(F)F)cc12. The van der Waals surface area contributed by atoms with Gasteiger partial charge in [0.05, 0.1) is 11.7 Å². The molecule has 1 saturated carbocycles. The van der Waals surface area contributed by atoms with Crippen LogP contribution >= 0.6 is 0 Å². The van der Waals surface area contributed by atoms with Crippen molar-refractivity contribution in [2.24, 2.45) is 0 Å². The molecular weight excluding hydrogens is 217 g/mol. The molecule has 4 heteroatoms. The zero-order valence-corrected chi connectivity index (χ0v) is 8.46. The molecular formula is C12H11F3O. The van der Waals surface area contributed by atoms with E-state index in [-0.39, 0.29) is 17.9 Å². The second kappa shape index (κ2) is 3.00. The molecule has 1 fully saturated rings. The van der Waals surface area contributed by atoms with E-state index >= 15 is 0 Å². The highest BCUT2D eigenvalue weighted by atomic mass is 19.4. The minimum absolute atomic E-state index is 0.0577. The molecule has 1 aromatic rings. The van der Waals surface area contributed by atoms with Gasteiger partial charge in [-0.25, -0.2) is 0 Å². The van der Waals surface area contributed by atoms with Gasteiger partial charge in [0.25, 0.3) is 0 Å². The average molecular weight is 228 g/mol. The molecule has 3 rings (SSSR count). The van der Waals surface area contributed by atoms with Gasteiger partial charge in [-0.05, 0) is 42.0 Å². The predicted octanol–water partition coefficient (Wildman–Crippen LogP) is 3.04. The van der Waals surface area contributed by atoms with E-state index in [4.69, 9.17) is 0 Å².